The molecule has 0 saturated carbocycles. The van der Waals surface area contributed by atoms with Crippen molar-refractivity contribution in [2.45, 2.75) is 32.9 Å². The molecule has 2 aromatic heterocycles. The number of amides is 1. The number of primary amides is 1. The number of hydrogen-bond donors (Lipinski definition) is 2. The van der Waals surface area contributed by atoms with Gasteiger partial charge in [0.05, 0.1) is 17.8 Å². The first-order valence-electron chi connectivity index (χ1n) is 9.26. The van der Waals surface area contributed by atoms with Gasteiger partial charge in [-0.1, -0.05) is 0 Å². The molecule has 0 radical (unpaired) electrons. The predicted molar refractivity (Wildman–Crippen MR) is 107 cm³/mol. The van der Waals surface area contributed by atoms with Crippen LogP contribution in [0.1, 0.15) is 25.1 Å². The first-order valence-corrected chi connectivity index (χ1v) is 9.26. The highest BCUT2D eigenvalue weighted by Gasteiger charge is 2.35. The van der Waals surface area contributed by atoms with Crippen LogP contribution in [-0.4, -0.2) is 69.8 Å². The zero-order valence-corrected chi connectivity index (χ0v) is 16.6. The van der Waals surface area contributed by atoms with E-state index >= 15 is 0 Å². The van der Waals surface area contributed by atoms with E-state index in [9.17, 15) is 4.79 Å². The molecule has 27 heavy (non-hydrogen) atoms. The van der Waals surface area contributed by atoms with Gasteiger partial charge in [0.2, 0.25) is 5.91 Å². The maximum absolute atomic E-state index is 11.7. The summed E-state index contributed by atoms with van der Waals surface area (Å²) in [7, 11) is 1.79. The molecule has 8 heteroatoms. The molecule has 8 nitrogen and oxygen atoms in total. The number of aromatic nitrogens is 2. The standard InChI is InChI=1S/C19H29N7O/c1-14-5-6-25-13-15(23-16(25)11-14)12-22-18(21-4)24-7-9-26(10-8-24)19(2,3)17(20)27/h5-6,11,13H,7-10,12H2,1-4H3,(H2,20,27)(H,21,22). The molecule has 0 spiro atoms. The number of piperazine rings is 1. The minimum Gasteiger partial charge on any atom is -0.368 e. The first kappa shape index (κ1) is 19.2. The zero-order valence-electron chi connectivity index (χ0n) is 16.6. The van der Waals surface area contributed by atoms with Gasteiger partial charge in [0, 0.05) is 45.6 Å². The number of nitrogens with two attached hydrogens (primary N) is 1. The summed E-state index contributed by atoms with van der Waals surface area (Å²) in [6.07, 6.45) is 4.05. The third kappa shape index (κ3) is 4.05. The molecule has 0 aromatic carbocycles. The molecule has 3 heterocycles. The molecule has 2 aromatic rings. The Labute approximate surface area is 160 Å². The number of carbonyl (C=O) groups is 1. The summed E-state index contributed by atoms with van der Waals surface area (Å²) < 4.78 is 2.03. The Kier molecular flexibility index (Phi) is 5.36. The number of pyridine rings is 1. The number of aliphatic imine (C=N–C) groups is 1. The van der Waals surface area contributed by atoms with Crippen molar-refractivity contribution < 1.29 is 4.79 Å². The van der Waals surface area contributed by atoms with Gasteiger partial charge in [0.1, 0.15) is 5.65 Å². The number of carbonyl (C=O) groups excluding carboxylic acids is 1. The van der Waals surface area contributed by atoms with Crippen molar-refractivity contribution >= 4 is 17.5 Å². The Morgan fingerprint density at radius 3 is 2.67 bits per heavy atom. The summed E-state index contributed by atoms with van der Waals surface area (Å²) in [6, 6.07) is 4.13. The summed E-state index contributed by atoms with van der Waals surface area (Å²) in [5.41, 5.74) is 8.02. The lowest BCUT2D eigenvalue weighted by atomic mass is 10.0. The first-order chi connectivity index (χ1) is 12.8. The van der Waals surface area contributed by atoms with E-state index in [0.29, 0.717) is 6.54 Å². The van der Waals surface area contributed by atoms with E-state index < -0.39 is 5.54 Å². The third-order valence-corrected chi connectivity index (χ3v) is 5.28. The van der Waals surface area contributed by atoms with Crippen LogP contribution in [0, 0.1) is 6.92 Å². The summed E-state index contributed by atoms with van der Waals surface area (Å²) >= 11 is 0. The Hall–Kier alpha value is -2.61. The van der Waals surface area contributed by atoms with Gasteiger partial charge in [0.15, 0.2) is 5.96 Å². The number of hydrogen-bond acceptors (Lipinski definition) is 4. The third-order valence-electron chi connectivity index (χ3n) is 5.28. The van der Waals surface area contributed by atoms with Crippen molar-refractivity contribution in [3.63, 3.8) is 0 Å². The number of guanidine groups is 1. The number of nitrogens with zero attached hydrogens (tertiary/aromatic N) is 5. The molecule has 0 atom stereocenters. The second-order valence-electron chi connectivity index (χ2n) is 7.50. The van der Waals surface area contributed by atoms with E-state index in [0.717, 1.165) is 43.5 Å². The maximum atomic E-state index is 11.7. The van der Waals surface area contributed by atoms with Crippen LogP contribution in [-0.2, 0) is 11.3 Å². The van der Waals surface area contributed by atoms with E-state index in [-0.39, 0.29) is 5.91 Å². The summed E-state index contributed by atoms with van der Waals surface area (Å²) in [4.78, 5) is 25.1. The van der Waals surface area contributed by atoms with E-state index in [1.807, 2.05) is 30.6 Å². The van der Waals surface area contributed by atoms with Gasteiger partial charge in [-0.25, -0.2) is 4.98 Å². The monoisotopic (exact) mass is 371 g/mol. The van der Waals surface area contributed by atoms with Gasteiger partial charge in [-0.05, 0) is 38.5 Å². The topological polar surface area (TPSA) is 91.3 Å². The predicted octanol–water partition coefficient (Wildman–Crippen LogP) is 0.600. The van der Waals surface area contributed by atoms with Crippen molar-refractivity contribution in [3.05, 3.63) is 35.8 Å². The molecule has 0 aliphatic carbocycles. The van der Waals surface area contributed by atoms with E-state index in [1.165, 1.54) is 5.56 Å². The van der Waals surface area contributed by atoms with Crippen LogP contribution in [0.15, 0.2) is 29.5 Å². The molecule has 1 aliphatic heterocycles. The van der Waals surface area contributed by atoms with Gasteiger partial charge < -0.3 is 20.4 Å². The van der Waals surface area contributed by atoms with Crippen LogP contribution in [0.4, 0.5) is 0 Å². The lowest BCUT2D eigenvalue weighted by Gasteiger charge is -2.43. The van der Waals surface area contributed by atoms with Crippen LogP contribution in [0.2, 0.25) is 0 Å². The number of nitrogens with one attached hydrogen (secondary N) is 1. The Bertz CT molecular complexity index is 847. The molecule has 0 bridgehead atoms. The quantitative estimate of drug-likeness (QED) is 0.607. The lowest BCUT2D eigenvalue weighted by Crippen LogP contribution is -2.61. The molecule has 0 unspecified atom stereocenters. The number of rotatable bonds is 4. The number of imidazole rings is 1. The average molecular weight is 371 g/mol. The van der Waals surface area contributed by atoms with Gasteiger partial charge in [-0.3, -0.25) is 14.7 Å². The lowest BCUT2D eigenvalue weighted by molar-refractivity contribution is -0.129. The van der Waals surface area contributed by atoms with Crippen LogP contribution in [0.25, 0.3) is 5.65 Å². The molecule has 1 amide bonds. The maximum Gasteiger partial charge on any atom is 0.237 e. The van der Waals surface area contributed by atoms with E-state index in [2.05, 4.69) is 44.1 Å². The van der Waals surface area contributed by atoms with Crippen LogP contribution in [0.5, 0.6) is 0 Å². The van der Waals surface area contributed by atoms with Gasteiger partial charge in [-0.15, -0.1) is 0 Å². The average Bonchev–Trinajstić information content (AvgIpc) is 3.04. The Balaban J connectivity index is 1.59. The minimum absolute atomic E-state index is 0.291. The molecule has 1 fully saturated rings. The highest BCUT2D eigenvalue weighted by atomic mass is 16.1. The Morgan fingerprint density at radius 2 is 2.04 bits per heavy atom. The molecule has 1 aliphatic rings. The second-order valence-corrected chi connectivity index (χ2v) is 7.50. The molecule has 1 saturated heterocycles. The normalized spacial score (nSPS) is 16.7. The molecular weight excluding hydrogens is 342 g/mol. The van der Waals surface area contributed by atoms with E-state index in [4.69, 9.17) is 5.73 Å². The largest absolute Gasteiger partial charge is 0.368 e. The van der Waals surface area contributed by atoms with Crippen molar-refractivity contribution in [3.8, 4) is 0 Å². The van der Waals surface area contributed by atoms with Crippen molar-refractivity contribution in [1.29, 1.82) is 0 Å². The molecule has 3 rings (SSSR count). The summed E-state index contributed by atoms with van der Waals surface area (Å²) in [5, 5.41) is 3.40. The number of aryl methyl sites for hydroxylation is 1. The Morgan fingerprint density at radius 1 is 1.33 bits per heavy atom. The van der Waals surface area contributed by atoms with Crippen molar-refractivity contribution in [2.24, 2.45) is 10.7 Å². The highest BCUT2D eigenvalue weighted by Crippen LogP contribution is 2.16. The van der Waals surface area contributed by atoms with Crippen LogP contribution in [0.3, 0.4) is 0 Å². The fraction of sp³-hybridized carbons (Fsp3) is 0.526. The van der Waals surface area contributed by atoms with Crippen molar-refractivity contribution in [2.75, 3.05) is 33.2 Å². The SMILES string of the molecule is CN=C(NCc1cn2ccc(C)cc2n1)N1CCN(C(C)(C)C(N)=O)CC1. The summed E-state index contributed by atoms with van der Waals surface area (Å²) in [5.74, 6) is 0.556. The van der Waals surface area contributed by atoms with E-state index in [1.54, 1.807) is 7.05 Å². The zero-order chi connectivity index (χ0) is 19.6. The van der Waals surface area contributed by atoms with Gasteiger partial charge in [-0.2, -0.15) is 0 Å². The summed E-state index contributed by atoms with van der Waals surface area (Å²) in [6.45, 7) is 9.55. The fourth-order valence-electron chi connectivity index (χ4n) is 3.36. The van der Waals surface area contributed by atoms with Gasteiger partial charge in [0.25, 0.3) is 0 Å². The van der Waals surface area contributed by atoms with Gasteiger partial charge >= 0.3 is 0 Å². The van der Waals surface area contributed by atoms with Crippen LogP contribution < -0.4 is 11.1 Å². The minimum atomic E-state index is -0.627. The second kappa shape index (κ2) is 7.56. The van der Waals surface area contributed by atoms with Crippen molar-refractivity contribution in [1.82, 2.24) is 24.5 Å². The smallest absolute Gasteiger partial charge is 0.237 e. The highest BCUT2D eigenvalue weighted by molar-refractivity contribution is 5.84. The fourth-order valence-corrected chi connectivity index (χ4v) is 3.36. The molecule has 3 N–H and O–H groups in total. The molecular formula is C19H29N7O. The van der Waals surface area contributed by atoms with Crippen LogP contribution >= 0.6 is 0 Å². The number of fused-ring (bicyclic) bond motifs is 1. The molecule has 146 valence electrons.